The van der Waals surface area contributed by atoms with Gasteiger partial charge in [-0.1, -0.05) is 63.8 Å². The molecule has 0 saturated heterocycles. The fraction of sp³-hybridized carbons (Fsp3) is 0.571. The SMILES string of the molecule is C=C\C=C/C(=C\C=C/C)C(CCCOC(CC)OCC)C(=O)NN.CC. The molecule has 0 heterocycles. The highest BCUT2D eigenvalue weighted by Crippen LogP contribution is 2.20. The van der Waals surface area contributed by atoms with E-state index in [4.69, 9.17) is 15.3 Å². The quantitative estimate of drug-likeness (QED) is 0.126. The van der Waals surface area contributed by atoms with E-state index in [9.17, 15) is 4.79 Å². The Hall–Kier alpha value is -1.69. The first-order valence-corrected chi connectivity index (χ1v) is 9.50. The fourth-order valence-electron chi connectivity index (χ4n) is 2.20. The van der Waals surface area contributed by atoms with Crippen LogP contribution in [-0.4, -0.2) is 25.4 Å². The highest BCUT2D eigenvalue weighted by atomic mass is 16.7. The van der Waals surface area contributed by atoms with Crippen molar-refractivity contribution in [2.24, 2.45) is 11.8 Å². The molecule has 0 aliphatic heterocycles. The highest BCUT2D eigenvalue weighted by Gasteiger charge is 2.20. The number of hydrazine groups is 1. The molecule has 5 nitrogen and oxygen atoms in total. The van der Waals surface area contributed by atoms with Crippen molar-refractivity contribution in [3.63, 3.8) is 0 Å². The molecule has 0 fully saturated rings. The molecule has 2 atom stereocenters. The number of nitrogens with two attached hydrogens (primary N) is 1. The van der Waals surface area contributed by atoms with Gasteiger partial charge >= 0.3 is 0 Å². The summed E-state index contributed by atoms with van der Waals surface area (Å²) >= 11 is 0. The number of hydrogen-bond acceptors (Lipinski definition) is 4. The zero-order valence-corrected chi connectivity index (χ0v) is 17.2. The predicted octanol–water partition coefficient (Wildman–Crippen LogP) is 4.43. The molecular weight excluding hydrogens is 328 g/mol. The Balaban J connectivity index is 0. The summed E-state index contributed by atoms with van der Waals surface area (Å²) in [6.45, 7) is 14.7. The zero-order valence-electron chi connectivity index (χ0n) is 17.2. The molecule has 5 heteroatoms. The third-order valence-electron chi connectivity index (χ3n) is 3.39. The molecule has 0 aliphatic carbocycles. The summed E-state index contributed by atoms with van der Waals surface area (Å²) in [6, 6.07) is 0. The molecule has 150 valence electrons. The van der Waals surface area contributed by atoms with Crippen LogP contribution in [0.4, 0.5) is 0 Å². The first-order valence-electron chi connectivity index (χ1n) is 9.50. The molecule has 0 bridgehead atoms. The van der Waals surface area contributed by atoms with E-state index in [1.165, 1.54) is 0 Å². The van der Waals surface area contributed by atoms with Crippen molar-refractivity contribution >= 4 is 5.91 Å². The van der Waals surface area contributed by atoms with Gasteiger partial charge in [0.25, 0.3) is 0 Å². The summed E-state index contributed by atoms with van der Waals surface area (Å²) in [5.41, 5.74) is 3.13. The number of carbonyl (C=O) groups excluding carboxylic acids is 1. The van der Waals surface area contributed by atoms with Crippen LogP contribution >= 0.6 is 0 Å². The second-order valence-corrected chi connectivity index (χ2v) is 5.15. The third-order valence-corrected chi connectivity index (χ3v) is 3.39. The molecule has 0 saturated carbocycles. The molecule has 0 aromatic heterocycles. The van der Waals surface area contributed by atoms with Gasteiger partial charge in [-0.2, -0.15) is 0 Å². The molecule has 0 aromatic rings. The normalized spacial score (nSPS) is 14.0. The number of carbonyl (C=O) groups is 1. The summed E-state index contributed by atoms with van der Waals surface area (Å²) in [5.74, 6) is 4.79. The molecule has 0 spiro atoms. The number of allylic oxidation sites excluding steroid dienone is 6. The van der Waals surface area contributed by atoms with E-state index in [0.717, 1.165) is 18.4 Å². The van der Waals surface area contributed by atoms with Gasteiger partial charge in [0.05, 0.1) is 5.92 Å². The van der Waals surface area contributed by atoms with Gasteiger partial charge in [0.2, 0.25) is 5.91 Å². The Morgan fingerprint density at radius 3 is 2.42 bits per heavy atom. The van der Waals surface area contributed by atoms with E-state index in [1.807, 2.05) is 65.0 Å². The molecule has 26 heavy (non-hydrogen) atoms. The van der Waals surface area contributed by atoms with Gasteiger partial charge in [-0.05, 0) is 38.7 Å². The summed E-state index contributed by atoms with van der Waals surface area (Å²) < 4.78 is 11.1. The van der Waals surface area contributed by atoms with Crippen LogP contribution in [0.5, 0.6) is 0 Å². The number of amides is 1. The van der Waals surface area contributed by atoms with Gasteiger partial charge in [0.15, 0.2) is 6.29 Å². The van der Waals surface area contributed by atoms with E-state index in [1.54, 1.807) is 6.08 Å². The molecule has 1 amide bonds. The highest BCUT2D eigenvalue weighted by molar-refractivity contribution is 5.81. The maximum absolute atomic E-state index is 12.1. The molecule has 0 aromatic carbocycles. The second-order valence-electron chi connectivity index (χ2n) is 5.15. The van der Waals surface area contributed by atoms with Gasteiger partial charge < -0.3 is 9.47 Å². The van der Waals surface area contributed by atoms with Crippen molar-refractivity contribution in [1.29, 1.82) is 0 Å². The minimum Gasteiger partial charge on any atom is -0.353 e. The Bertz CT molecular complexity index is 443. The number of nitrogens with one attached hydrogen (secondary N) is 1. The summed E-state index contributed by atoms with van der Waals surface area (Å²) in [5, 5.41) is 0. The third kappa shape index (κ3) is 12.6. The summed E-state index contributed by atoms with van der Waals surface area (Å²) in [4.78, 5) is 12.1. The lowest BCUT2D eigenvalue weighted by atomic mass is 9.92. The standard InChI is InChI=1S/C19H32N2O3.C2H6/c1-5-9-12-16(13-10-6-2)17(19(22)21-20)14-11-15-24-18(7-3)23-8-4;1-2/h5-6,9-10,12-13,17-18H,1,7-8,11,14-15,20H2,2-4H3,(H,21,22);1-2H3/b10-6-,12-9-,16-13+;. The van der Waals surface area contributed by atoms with Gasteiger partial charge in [-0.25, -0.2) is 5.84 Å². The van der Waals surface area contributed by atoms with Crippen molar-refractivity contribution < 1.29 is 14.3 Å². The van der Waals surface area contributed by atoms with Gasteiger partial charge in [-0.15, -0.1) is 0 Å². The maximum atomic E-state index is 12.1. The van der Waals surface area contributed by atoms with Crippen LogP contribution in [0.25, 0.3) is 0 Å². The van der Waals surface area contributed by atoms with E-state index in [2.05, 4.69) is 12.0 Å². The average Bonchev–Trinajstić information content (AvgIpc) is 2.68. The fourth-order valence-corrected chi connectivity index (χ4v) is 2.20. The minimum atomic E-state index is -0.335. The number of rotatable bonds is 13. The van der Waals surface area contributed by atoms with Crippen LogP contribution in [0, 0.1) is 5.92 Å². The predicted molar refractivity (Wildman–Crippen MR) is 110 cm³/mol. The summed E-state index contributed by atoms with van der Waals surface area (Å²) in [7, 11) is 0. The Labute approximate surface area is 160 Å². The maximum Gasteiger partial charge on any atom is 0.241 e. The van der Waals surface area contributed by atoms with Crippen LogP contribution in [-0.2, 0) is 14.3 Å². The molecule has 0 aliphatic rings. The van der Waals surface area contributed by atoms with Crippen LogP contribution in [0.1, 0.15) is 53.9 Å². The second kappa shape index (κ2) is 19.6. The molecule has 3 N–H and O–H groups in total. The topological polar surface area (TPSA) is 73.6 Å². The van der Waals surface area contributed by atoms with E-state index >= 15 is 0 Å². The van der Waals surface area contributed by atoms with Crippen LogP contribution < -0.4 is 11.3 Å². The van der Waals surface area contributed by atoms with Gasteiger partial charge in [0.1, 0.15) is 0 Å². The number of ether oxygens (including phenoxy) is 2. The molecular formula is C21H38N2O3. The molecule has 2 unspecified atom stereocenters. The van der Waals surface area contributed by atoms with Crippen molar-refractivity contribution in [2.45, 2.75) is 60.2 Å². The Morgan fingerprint density at radius 2 is 1.92 bits per heavy atom. The van der Waals surface area contributed by atoms with E-state index in [0.29, 0.717) is 19.6 Å². The lowest BCUT2D eigenvalue weighted by Gasteiger charge is -2.19. The smallest absolute Gasteiger partial charge is 0.241 e. The van der Waals surface area contributed by atoms with Crippen molar-refractivity contribution in [2.75, 3.05) is 13.2 Å². The monoisotopic (exact) mass is 366 g/mol. The Kier molecular flexibility index (Phi) is 20.0. The first-order chi connectivity index (χ1) is 12.6. The van der Waals surface area contributed by atoms with E-state index < -0.39 is 0 Å². The molecule has 0 radical (unpaired) electrons. The zero-order chi connectivity index (χ0) is 20.2. The Morgan fingerprint density at radius 1 is 1.23 bits per heavy atom. The average molecular weight is 367 g/mol. The number of hydrogen-bond donors (Lipinski definition) is 2. The van der Waals surface area contributed by atoms with Gasteiger partial charge in [-0.3, -0.25) is 10.2 Å². The van der Waals surface area contributed by atoms with Crippen LogP contribution in [0.3, 0.4) is 0 Å². The lowest BCUT2D eigenvalue weighted by molar-refractivity contribution is -0.141. The molecule has 0 rings (SSSR count). The van der Waals surface area contributed by atoms with Crippen molar-refractivity contribution in [1.82, 2.24) is 5.43 Å². The van der Waals surface area contributed by atoms with Gasteiger partial charge in [0, 0.05) is 13.2 Å². The van der Waals surface area contributed by atoms with Crippen LogP contribution in [0.15, 0.2) is 48.6 Å². The van der Waals surface area contributed by atoms with Crippen LogP contribution in [0.2, 0.25) is 0 Å². The lowest BCUT2D eigenvalue weighted by Crippen LogP contribution is -2.36. The summed E-state index contributed by atoms with van der Waals surface area (Å²) in [6.07, 6.45) is 13.1. The van der Waals surface area contributed by atoms with Crippen molar-refractivity contribution in [3.8, 4) is 0 Å². The first kappa shape index (κ1) is 26.5. The van der Waals surface area contributed by atoms with Crippen molar-refractivity contribution in [3.05, 3.63) is 48.6 Å². The van der Waals surface area contributed by atoms with E-state index in [-0.39, 0.29) is 18.1 Å². The minimum absolute atomic E-state index is 0.185. The largest absolute Gasteiger partial charge is 0.353 e.